The van der Waals surface area contributed by atoms with Crippen molar-refractivity contribution in [2.75, 3.05) is 11.1 Å². The van der Waals surface area contributed by atoms with Crippen molar-refractivity contribution in [3.8, 4) is 0 Å². The Hall–Kier alpha value is -2.21. The van der Waals surface area contributed by atoms with E-state index < -0.39 is 11.7 Å². The van der Waals surface area contributed by atoms with Crippen molar-refractivity contribution in [3.05, 3.63) is 47.0 Å². The maximum Gasteiger partial charge on any atom is 0.257 e. The van der Waals surface area contributed by atoms with Crippen molar-refractivity contribution in [1.82, 2.24) is 9.97 Å². The van der Waals surface area contributed by atoms with Crippen LogP contribution >= 0.6 is 11.6 Å². The first-order valence-electron chi connectivity index (χ1n) is 4.90. The number of carbonyl (C=O) groups is 1. The van der Waals surface area contributed by atoms with Crippen LogP contribution in [0.5, 0.6) is 0 Å². The van der Waals surface area contributed by atoms with E-state index in [1.54, 1.807) is 0 Å². The molecule has 0 aliphatic rings. The quantitative estimate of drug-likeness (QED) is 0.816. The van der Waals surface area contributed by atoms with Crippen molar-refractivity contribution in [1.29, 1.82) is 0 Å². The summed E-state index contributed by atoms with van der Waals surface area (Å²) in [7, 11) is 0. The predicted molar refractivity (Wildman–Crippen MR) is 65.8 cm³/mol. The predicted octanol–water partition coefficient (Wildman–Crippen LogP) is 2.10. The summed E-state index contributed by atoms with van der Waals surface area (Å²) in [5.41, 5.74) is 5.72. The summed E-state index contributed by atoms with van der Waals surface area (Å²) in [6, 6.07) is 5.29. The van der Waals surface area contributed by atoms with Crippen molar-refractivity contribution in [3.63, 3.8) is 0 Å². The summed E-state index contributed by atoms with van der Waals surface area (Å²) >= 11 is 5.68. The molecule has 2 aromatic rings. The number of anilines is 2. The highest BCUT2D eigenvalue weighted by molar-refractivity contribution is 6.30. The van der Waals surface area contributed by atoms with Gasteiger partial charge in [0.05, 0.1) is 6.20 Å². The van der Waals surface area contributed by atoms with Gasteiger partial charge in [-0.1, -0.05) is 11.6 Å². The number of nitrogen functional groups attached to an aromatic ring is 1. The van der Waals surface area contributed by atoms with Crippen molar-refractivity contribution >= 4 is 29.1 Å². The Balaban J connectivity index is 2.19. The number of nitrogens with zero attached hydrogens (tertiary/aromatic N) is 2. The molecule has 92 valence electrons. The van der Waals surface area contributed by atoms with Crippen molar-refractivity contribution in [2.24, 2.45) is 0 Å². The minimum Gasteiger partial charge on any atom is -0.384 e. The van der Waals surface area contributed by atoms with Crippen LogP contribution in [0.25, 0.3) is 0 Å². The van der Waals surface area contributed by atoms with E-state index in [2.05, 4.69) is 15.3 Å². The SMILES string of the molecule is Nc1cc(C(=O)Nc2ccc(F)cn2)cc(Cl)n1. The van der Waals surface area contributed by atoms with Gasteiger partial charge in [0.15, 0.2) is 0 Å². The molecule has 0 spiro atoms. The standard InChI is InChI=1S/C11H8ClFN4O/c12-8-3-6(4-9(14)16-8)11(18)17-10-2-1-7(13)5-15-10/h1-5H,(H2,14,16)(H,15,17,18). The first kappa shape index (κ1) is 12.3. The van der Waals surface area contributed by atoms with E-state index in [1.807, 2.05) is 0 Å². The van der Waals surface area contributed by atoms with Crippen LogP contribution in [0.2, 0.25) is 5.15 Å². The molecule has 7 heteroatoms. The number of amides is 1. The number of nitrogens with one attached hydrogen (secondary N) is 1. The topological polar surface area (TPSA) is 80.9 Å². The zero-order chi connectivity index (χ0) is 13.1. The lowest BCUT2D eigenvalue weighted by atomic mass is 10.2. The molecule has 0 atom stereocenters. The van der Waals surface area contributed by atoms with Gasteiger partial charge in [-0.25, -0.2) is 14.4 Å². The average molecular weight is 267 g/mol. The monoisotopic (exact) mass is 266 g/mol. The Morgan fingerprint density at radius 1 is 1.39 bits per heavy atom. The maximum atomic E-state index is 12.6. The van der Waals surface area contributed by atoms with Crippen molar-refractivity contribution < 1.29 is 9.18 Å². The number of pyridine rings is 2. The molecule has 0 radical (unpaired) electrons. The highest BCUT2D eigenvalue weighted by atomic mass is 35.5. The van der Waals surface area contributed by atoms with Gasteiger partial charge < -0.3 is 11.1 Å². The van der Waals surface area contributed by atoms with E-state index in [9.17, 15) is 9.18 Å². The number of nitrogens with two attached hydrogens (primary N) is 1. The molecule has 0 fully saturated rings. The maximum absolute atomic E-state index is 12.6. The number of hydrogen-bond acceptors (Lipinski definition) is 4. The van der Waals surface area contributed by atoms with Gasteiger partial charge in [0.25, 0.3) is 5.91 Å². The van der Waals surface area contributed by atoms with Gasteiger partial charge in [-0.3, -0.25) is 4.79 Å². The lowest BCUT2D eigenvalue weighted by Crippen LogP contribution is -2.13. The summed E-state index contributed by atoms with van der Waals surface area (Å²) in [6.45, 7) is 0. The average Bonchev–Trinajstić information content (AvgIpc) is 2.31. The van der Waals surface area contributed by atoms with E-state index >= 15 is 0 Å². The normalized spacial score (nSPS) is 10.1. The molecule has 0 aromatic carbocycles. The summed E-state index contributed by atoms with van der Waals surface area (Å²) in [5.74, 6) is -0.568. The summed E-state index contributed by atoms with van der Waals surface area (Å²) in [6.07, 6.45) is 1.00. The molecule has 0 unspecified atom stereocenters. The van der Waals surface area contributed by atoms with Crippen LogP contribution in [0.4, 0.5) is 16.0 Å². The summed E-state index contributed by atoms with van der Waals surface area (Å²) < 4.78 is 12.6. The molecule has 2 aromatic heterocycles. The number of rotatable bonds is 2. The molecule has 0 saturated carbocycles. The Morgan fingerprint density at radius 3 is 2.78 bits per heavy atom. The molecule has 18 heavy (non-hydrogen) atoms. The van der Waals surface area contributed by atoms with E-state index in [-0.39, 0.29) is 22.4 Å². The minimum absolute atomic E-state index is 0.118. The molecule has 2 rings (SSSR count). The largest absolute Gasteiger partial charge is 0.384 e. The smallest absolute Gasteiger partial charge is 0.257 e. The van der Waals surface area contributed by atoms with Crippen molar-refractivity contribution in [2.45, 2.75) is 0 Å². The highest BCUT2D eigenvalue weighted by Crippen LogP contribution is 2.14. The first-order chi connectivity index (χ1) is 8.54. The van der Waals surface area contributed by atoms with Gasteiger partial charge in [0, 0.05) is 5.56 Å². The third-order valence-electron chi connectivity index (χ3n) is 2.05. The number of carbonyl (C=O) groups excluding carboxylic acids is 1. The lowest BCUT2D eigenvalue weighted by molar-refractivity contribution is 0.102. The second-order valence-corrected chi connectivity index (χ2v) is 3.81. The Bertz CT molecular complexity index is 568. The Kier molecular flexibility index (Phi) is 3.38. The first-order valence-corrected chi connectivity index (χ1v) is 5.28. The third-order valence-corrected chi connectivity index (χ3v) is 2.24. The molecular weight excluding hydrogens is 259 g/mol. The zero-order valence-electron chi connectivity index (χ0n) is 9.02. The molecule has 0 bridgehead atoms. The fraction of sp³-hybridized carbons (Fsp3) is 0. The van der Waals surface area contributed by atoms with Crippen LogP contribution in [0.15, 0.2) is 30.5 Å². The van der Waals surface area contributed by atoms with Crippen LogP contribution in [-0.2, 0) is 0 Å². The number of aromatic nitrogens is 2. The van der Waals surface area contributed by atoms with Crippen LogP contribution < -0.4 is 11.1 Å². The zero-order valence-corrected chi connectivity index (χ0v) is 9.78. The molecular formula is C11H8ClFN4O. The van der Waals surface area contributed by atoms with E-state index in [0.717, 1.165) is 6.20 Å². The van der Waals surface area contributed by atoms with Gasteiger partial charge in [-0.05, 0) is 24.3 Å². The minimum atomic E-state index is -0.482. The molecule has 0 saturated heterocycles. The fourth-order valence-electron chi connectivity index (χ4n) is 1.29. The van der Waals surface area contributed by atoms with E-state index in [1.165, 1.54) is 24.3 Å². The third kappa shape index (κ3) is 2.92. The second-order valence-electron chi connectivity index (χ2n) is 3.42. The van der Waals surface area contributed by atoms with Gasteiger partial charge in [0.2, 0.25) is 0 Å². The van der Waals surface area contributed by atoms with Gasteiger partial charge >= 0.3 is 0 Å². The molecule has 3 N–H and O–H groups in total. The molecule has 2 heterocycles. The van der Waals surface area contributed by atoms with E-state index in [4.69, 9.17) is 17.3 Å². The molecule has 0 aliphatic carbocycles. The molecule has 0 aliphatic heterocycles. The fourth-order valence-corrected chi connectivity index (χ4v) is 1.50. The van der Waals surface area contributed by atoms with Crippen LogP contribution in [-0.4, -0.2) is 15.9 Å². The molecule has 1 amide bonds. The summed E-state index contributed by atoms with van der Waals surface area (Å²) in [4.78, 5) is 19.3. The number of halogens is 2. The van der Waals surface area contributed by atoms with Gasteiger partial charge in [-0.15, -0.1) is 0 Å². The van der Waals surface area contributed by atoms with Crippen LogP contribution in [0, 0.1) is 5.82 Å². The second kappa shape index (κ2) is 4.97. The van der Waals surface area contributed by atoms with Crippen LogP contribution in [0.1, 0.15) is 10.4 Å². The Morgan fingerprint density at radius 2 is 2.17 bits per heavy atom. The lowest BCUT2D eigenvalue weighted by Gasteiger charge is -2.05. The number of hydrogen-bond donors (Lipinski definition) is 2. The van der Waals surface area contributed by atoms with Crippen LogP contribution in [0.3, 0.4) is 0 Å². The Labute approximate surface area is 107 Å². The van der Waals surface area contributed by atoms with Gasteiger partial charge in [0.1, 0.15) is 22.6 Å². The summed E-state index contributed by atoms with van der Waals surface area (Å²) in [5, 5.41) is 2.60. The van der Waals surface area contributed by atoms with E-state index in [0.29, 0.717) is 0 Å². The highest BCUT2D eigenvalue weighted by Gasteiger charge is 2.09. The van der Waals surface area contributed by atoms with Gasteiger partial charge in [-0.2, -0.15) is 0 Å². The molecule has 5 nitrogen and oxygen atoms in total.